The van der Waals surface area contributed by atoms with Crippen LogP contribution in [0.5, 0.6) is 0 Å². The molecule has 0 aliphatic rings. The molecule has 2 aromatic rings. The third-order valence-corrected chi connectivity index (χ3v) is 3.26. The second kappa shape index (κ2) is 6.34. The van der Waals surface area contributed by atoms with Crippen molar-refractivity contribution in [1.82, 2.24) is 0 Å². The highest BCUT2D eigenvalue weighted by molar-refractivity contribution is 5.49. The SMILES string of the molecule is CCN(c1cccc(F)c1)C(CN)c1ccccc1. The fourth-order valence-corrected chi connectivity index (χ4v) is 2.36. The Balaban J connectivity index is 2.34. The maximum Gasteiger partial charge on any atom is 0.125 e. The molecule has 2 nitrogen and oxygen atoms in total. The first-order valence-corrected chi connectivity index (χ1v) is 6.53. The van der Waals surface area contributed by atoms with E-state index in [0.717, 1.165) is 17.8 Å². The van der Waals surface area contributed by atoms with Crippen LogP contribution in [0.2, 0.25) is 0 Å². The number of likely N-dealkylation sites (N-methyl/N-ethyl adjacent to an activating group) is 1. The molecule has 1 atom stereocenters. The summed E-state index contributed by atoms with van der Waals surface area (Å²) in [5.74, 6) is -0.222. The first kappa shape index (κ1) is 13.6. The number of halogens is 1. The van der Waals surface area contributed by atoms with Crippen LogP contribution in [-0.4, -0.2) is 13.1 Å². The van der Waals surface area contributed by atoms with Crippen LogP contribution in [-0.2, 0) is 0 Å². The molecular weight excluding hydrogens is 239 g/mol. The Morgan fingerprint density at radius 3 is 2.42 bits per heavy atom. The number of nitrogens with two attached hydrogens (primary N) is 1. The van der Waals surface area contributed by atoms with Gasteiger partial charge in [-0.3, -0.25) is 0 Å². The van der Waals surface area contributed by atoms with Crippen LogP contribution in [0.1, 0.15) is 18.5 Å². The van der Waals surface area contributed by atoms with Gasteiger partial charge >= 0.3 is 0 Å². The van der Waals surface area contributed by atoms with Crippen LogP contribution < -0.4 is 10.6 Å². The van der Waals surface area contributed by atoms with Crippen molar-refractivity contribution >= 4 is 5.69 Å². The summed E-state index contributed by atoms with van der Waals surface area (Å²) in [6.45, 7) is 3.32. The van der Waals surface area contributed by atoms with Gasteiger partial charge in [-0.1, -0.05) is 36.4 Å². The Labute approximate surface area is 113 Å². The highest BCUT2D eigenvalue weighted by Gasteiger charge is 2.18. The minimum Gasteiger partial charge on any atom is -0.363 e. The predicted molar refractivity (Wildman–Crippen MR) is 77.7 cm³/mol. The normalized spacial score (nSPS) is 12.2. The Morgan fingerprint density at radius 2 is 1.84 bits per heavy atom. The third-order valence-electron chi connectivity index (χ3n) is 3.26. The summed E-state index contributed by atoms with van der Waals surface area (Å²) in [5, 5.41) is 0. The second-order valence-corrected chi connectivity index (χ2v) is 4.43. The lowest BCUT2D eigenvalue weighted by Crippen LogP contribution is -2.33. The molecule has 0 fully saturated rings. The van der Waals surface area contributed by atoms with Crippen LogP contribution in [0.4, 0.5) is 10.1 Å². The van der Waals surface area contributed by atoms with Gasteiger partial charge in [0.2, 0.25) is 0 Å². The Morgan fingerprint density at radius 1 is 1.11 bits per heavy atom. The molecule has 0 aromatic heterocycles. The molecule has 0 heterocycles. The van der Waals surface area contributed by atoms with Crippen molar-refractivity contribution < 1.29 is 4.39 Å². The molecule has 0 aliphatic heterocycles. The monoisotopic (exact) mass is 258 g/mol. The Hall–Kier alpha value is -1.87. The first-order chi connectivity index (χ1) is 9.26. The molecule has 2 aromatic carbocycles. The van der Waals surface area contributed by atoms with Gasteiger partial charge < -0.3 is 10.6 Å². The lowest BCUT2D eigenvalue weighted by Gasteiger charge is -2.32. The molecule has 1 unspecified atom stereocenters. The van der Waals surface area contributed by atoms with Crippen LogP contribution >= 0.6 is 0 Å². The molecule has 100 valence electrons. The summed E-state index contributed by atoms with van der Waals surface area (Å²) in [4.78, 5) is 2.12. The smallest absolute Gasteiger partial charge is 0.125 e. The molecule has 0 aliphatic carbocycles. The van der Waals surface area contributed by atoms with E-state index >= 15 is 0 Å². The fraction of sp³-hybridized carbons (Fsp3) is 0.250. The van der Waals surface area contributed by atoms with Crippen molar-refractivity contribution in [3.8, 4) is 0 Å². The van der Waals surface area contributed by atoms with Gasteiger partial charge in [-0.05, 0) is 30.7 Å². The van der Waals surface area contributed by atoms with Crippen molar-refractivity contribution in [3.63, 3.8) is 0 Å². The van der Waals surface area contributed by atoms with E-state index in [2.05, 4.69) is 24.0 Å². The first-order valence-electron chi connectivity index (χ1n) is 6.53. The molecule has 2 N–H and O–H groups in total. The standard InChI is InChI=1S/C16H19FN2/c1-2-19(15-10-6-9-14(17)11-15)16(12-18)13-7-4-3-5-8-13/h3-11,16H,2,12,18H2,1H3. The van der Waals surface area contributed by atoms with E-state index in [1.807, 2.05) is 24.3 Å². The molecule has 19 heavy (non-hydrogen) atoms. The van der Waals surface area contributed by atoms with Gasteiger partial charge in [0.1, 0.15) is 5.82 Å². The highest BCUT2D eigenvalue weighted by atomic mass is 19.1. The van der Waals surface area contributed by atoms with Gasteiger partial charge in [0, 0.05) is 18.8 Å². The van der Waals surface area contributed by atoms with Gasteiger partial charge in [0.15, 0.2) is 0 Å². The number of hydrogen-bond donors (Lipinski definition) is 1. The quantitative estimate of drug-likeness (QED) is 0.891. The Kier molecular flexibility index (Phi) is 4.53. The maximum atomic E-state index is 13.4. The summed E-state index contributed by atoms with van der Waals surface area (Å²) in [6, 6.07) is 16.8. The zero-order chi connectivity index (χ0) is 13.7. The van der Waals surface area contributed by atoms with E-state index < -0.39 is 0 Å². The summed E-state index contributed by atoms with van der Waals surface area (Å²) >= 11 is 0. The number of benzene rings is 2. The minimum atomic E-state index is -0.222. The summed E-state index contributed by atoms with van der Waals surface area (Å²) in [5.41, 5.74) is 7.93. The number of hydrogen-bond acceptors (Lipinski definition) is 2. The summed E-state index contributed by atoms with van der Waals surface area (Å²) < 4.78 is 13.4. The van der Waals surface area contributed by atoms with Crippen LogP contribution in [0.3, 0.4) is 0 Å². The van der Waals surface area contributed by atoms with E-state index in [1.165, 1.54) is 6.07 Å². The lowest BCUT2D eigenvalue weighted by molar-refractivity contribution is 0.616. The van der Waals surface area contributed by atoms with Crippen molar-refractivity contribution in [1.29, 1.82) is 0 Å². The molecule has 0 saturated heterocycles. The van der Waals surface area contributed by atoms with Crippen molar-refractivity contribution in [2.75, 3.05) is 18.0 Å². The number of nitrogens with zero attached hydrogens (tertiary/aromatic N) is 1. The second-order valence-electron chi connectivity index (χ2n) is 4.43. The van der Waals surface area contributed by atoms with E-state index in [0.29, 0.717) is 6.54 Å². The molecule has 0 saturated carbocycles. The Bertz CT molecular complexity index is 513. The topological polar surface area (TPSA) is 29.3 Å². The largest absolute Gasteiger partial charge is 0.363 e. The van der Waals surface area contributed by atoms with Crippen molar-refractivity contribution in [2.24, 2.45) is 5.73 Å². The van der Waals surface area contributed by atoms with Gasteiger partial charge in [-0.2, -0.15) is 0 Å². The van der Waals surface area contributed by atoms with Gasteiger partial charge in [0.05, 0.1) is 6.04 Å². The zero-order valence-electron chi connectivity index (χ0n) is 11.1. The summed E-state index contributed by atoms with van der Waals surface area (Å²) in [7, 11) is 0. The highest BCUT2D eigenvalue weighted by Crippen LogP contribution is 2.26. The number of rotatable bonds is 5. The fourth-order valence-electron chi connectivity index (χ4n) is 2.36. The van der Waals surface area contributed by atoms with Crippen LogP contribution in [0.25, 0.3) is 0 Å². The molecular formula is C16H19FN2. The van der Waals surface area contributed by atoms with Crippen molar-refractivity contribution in [2.45, 2.75) is 13.0 Å². The van der Waals surface area contributed by atoms with Gasteiger partial charge in [-0.25, -0.2) is 4.39 Å². The molecule has 0 bridgehead atoms. The van der Waals surface area contributed by atoms with E-state index in [1.54, 1.807) is 12.1 Å². The summed E-state index contributed by atoms with van der Waals surface area (Å²) in [6.07, 6.45) is 0. The predicted octanol–water partition coefficient (Wildman–Crippen LogP) is 3.35. The third kappa shape index (κ3) is 3.12. The molecule has 0 spiro atoms. The molecule has 2 rings (SSSR count). The van der Waals surface area contributed by atoms with Gasteiger partial charge in [0.25, 0.3) is 0 Å². The number of anilines is 1. The molecule has 0 amide bonds. The maximum absolute atomic E-state index is 13.4. The average molecular weight is 258 g/mol. The van der Waals surface area contributed by atoms with E-state index in [-0.39, 0.29) is 11.9 Å². The van der Waals surface area contributed by atoms with Crippen molar-refractivity contribution in [3.05, 3.63) is 66.0 Å². The van der Waals surface area contributed by atoms with Gasteiger partial charge in [-0.15, -0.1) is 0 Å². The molecule has 0 radical (unpaired) electrons. The van der Waals surface area contributed by atoms with E-state index in [9.17, 15) is 4.39 Å². The average Bonchev–Trinajstić information content (AvgIpc) is 2.45. The van der Waals surface area contributed by atoms with Crippen LogP contribution in [0, 0.1) is 5.82 Å². The zero-order valence-corrected chi connectivity index (χ0v) is 11.1. The lowest BCUT2D eigenvalue weighted by atomic mass is 10.0. The molecule has 3 heteroatoms. The minimum absolute atomic E-state index is 0.0630. The van der Waals surface area contributed by atoms with Crippen LogP contribution in [0.15, 0.2) is 54.6 Å². The van der Waals surface area contributed by atoms with E-state index in [4.69, 9.17) is 5.73 Å².